The summed E-state index contributed by atoms with van der Waals surface area (Å²) in [5, 5.41) is 10.00. The Balaban J connectivity index is 2.20. The van der Waals surface area contributed by atoms with Crippen molar-refractivity contribution >= 4 is 22.5 Å². The molecule has 0 saturated carbocycles. The van der Waals surface area contributed by atoms with E-state index in [2.05, 4.69) is 18.2 Å². The average Bonchev–Trinajstić information content (AvgIpc) is 2.44. The van der Waals surface area contributed by atoms with Gasteiger partial charge in [-0.2, -0.15) is 0 Å². The Bertz CT molecular complexity index is 741. The van der Waals surface area contributed by atoms with Crippen LogP contribution in [0.25, 0.3) is 10.8 Å². The Morgan fingerprint density at radius 3 is 2.39 bits per heavy atom. The van der Waals surface area contributed by atoms with E-state index in [-0.39, 0.29) is 11.9 Å². The first kappa shape index (κ1) is 17.2. The molecule has 0 aliphatic rings. The Hall–Kier alpha value is -2.16. The molecule has 0 fully saturated rings. The van der Waals surface area contributed by atoms with Crippen molar-refractivity contribution in [1.29, 1.82) is 5.41 Å². The van der Waals surface area contributed by atoms with Gasteiger partial charge in [-0.25, -0.2) is 0 Å². The smallest absolute Gasteiger partial charge is 0.309 e. The maximum Gasteiger partial charge on any atom is 0.309 e. The number of rotatable bonds is 4. The lowest BCUT2D eigenvalue weighted by molar-refractivity contribution is -0.159. The largest absolute Gasteiger partial charge is 0.460 e. The number of hydrogen-bond acceptors (Lipinski definition) is 3. The van der Waals surface area contributed by atoms with Crippen LogP contribution in [-0.4, -0.2) is 17.3 Å². The van der Waals surface area contributed by atoms with Gasteiger partial charge in [-0.3, -0.25) is 4.79 Å². The molecule has 1 atom stereocenters. The van der Waals surface area contributed by atoms with Gasteiger partial charge < -0.3 is 10.1 Å². The molecular weight excluding hydrogens is 286 g/mol. The fourth-order valence-corrected chi connectivity index (χ4v) is 2.50. The van der Waals surface area contributed by atoms with Crippen LogP contribution in [0.4, 0.5) is 0 Å². The van der Waals surface area contributed by atoms with Crippen molar-refractivity contribution in [2.24, 2.45) is 5.92 Å². The fourth-order valence-electron chi connectivity index (χ4n) is 2.50. The van der Waals surface area contributed by atoms with E-state index in [0.717, 1.165) is 21.9 Å². The first-order valence-electron chi connectivity index (χ1n) is 7.97. The van der Waals surface area contributed by atoms with Gasteiger partial charge in [-0.15, -0.1) is 0 Å². The van der Waals surface area contributed by atoms with Crippen LogP contribution in [0.15, 0.2) is 36.4 Å². The number of nitrogens with one attached hydrogen (secondary N) is 1. The first-order chi connectivity index (χ1) is 10.7. The zero-order valence-corrected chi connectivity index (χ0v) is 14.6. The predicted molar refractivity (Wildman–Crippen MR) is 95.2 cm³/mol. The molecule has 0 spiro atoms. The summed E-state index contributed by atoms with van der Waals surface area (Å²) in [6.07, 6.45) is 0.651. The number of fused-ring (bicyclic) bond motifs is 1. The topological polar surface area (TPSA) is 50.2 Å². The van der Waals surface area contributed by atoms with E-state index in [9.17, 15) is 4.79 Å². The molecule has 3 heteroatoms. The summed E-state index contributed by atoms with van der Waals surface area (Å²) in [7, 11) is 0. The summed E-state index contributed by atoms with van der Waals surface area (Å²) in [5.74, 6) is -0.346. The lowest BCUT2D eigenvalue weighted by atomic mass is 9.97. The zero-order valence-electron chi connectivity index (χ0n) is 14.6. The van der Waals surface area contributed by atoms with Gasteiger partial charge in [0.05, 0.1) is 5.92 Å². The van der Waals surface area contributed by atoms with Crippen molar-refractivity contribution in [2.45, 2.75) is 46.6 Å². The molecule has 1 unspecified atom stereocenters. The van der Waals surface area contributed by atoms with Gasteiger partial charge in [0.15, 0.2) is 0 Å². The van der Waals surface area contributed by atoms with E-state index >= 15 is 0 Å². The lowest BCUT2D eigenvalue weighted by Gasteiger charge is -2.22. The summed E-state index contributed by atoms with van der Waals surface area (Å²) in [5.41, 5.74) is 2.13. The molecule has 0 aromatic heterocycles. The van der Waals surface area contributed by atoms with Crippen LogP contribution < -0.4 is 0 Å². The second-order valence-corrected chi connectivity index (χ2v) is 7.16. The van der Waals surface area contributed by atoms with Gasteiger partial charge in [0.25, 0.3) is 0 Å². The molecule has 2 aromatic rings. The maximum atomic E-state index is 12.1. The lowest BCUT2D eigenvalue weighted by Crippen LogP contribution is -2.28. The monoisotopic (exact) mass is 311 g/mol. The molecule has 122 valence electrons. The quantitative estimate of drug-likeness (QED) is 0.654. The highest BCUT2D eigenvalue weighted by Gasteiger charge is 2.21. The number of carbonyl (C=O) groups is 1. The third kappa shape index (κ3) is 4.65. The second-order valence-electron chi connectivity index (χ2n) is 7.16. The highest BCUT2D eigenvalue weighted by molar-refractivity contribution is 6.00. The number of ether oxygens (including phenoxy) is 1. The minimum absolute atomic E-state index is 0.165. The molecule has 3 nitrogen and oxygen atoms in total. The molecule has 23 heavy (non-hydrogen) atoms. The summed E-state index contributed by atoms with van der Waals surface area (Å²) in [6.45, 7) is 9.34. The second kappa shape index (κ2) is 6.53. The SMILES string of the molecule is CC(=N)c1ccc2ccc(CC(C)C(=O)OC(C)(C)C)cc2c1. The van der Waals surface area contributed by atoms with Crippen molar-refractivity contribution in [1.82, 2.24) is 0 Å². The molecule has 1 N–H and O–H groups in total. The summed E-state index contributed by atoms with van der Waals surface area (Å²) in [6, 6.07) is 12.2. The summed E-state index contributed by atoms with van der Waals surface area (Å²) in [4.78, 5) is 12.1. The number of esters is 1. The van der Waals surface area contributed by atoms with Crippen LogP contribution in [0.5, 0.6) is 0 Å². The van der Waals surface area contributed by atoms with E-state index in [1.54, 1.807) is 6.92 Å². The zero-order chi connectivity index (χ0) is 17.2. The molecule has 0 saturated heterocycles. The third-order valence-corrected chi connectivity index (χ3v) is 3.69. The standard InChI is InChI=1S/C20H25NO2/c1-13(19(22)23-20(3,4)5)10-15-6-7-16-8-9-17(14(2)21)12-18(16)11-15/h6-9,11-13,21H,10H2,1-5H3. The Kier molecular flexibility index (Phi) is 4.88. The highest BCUT2D eigenvalue weighted by atomic mass is 16.6. The van der Waals surface area contributed by atoms with Crippen LogP contribution in [-0.2, 0) is 16.0 Å². The summed E-state index contributed by atoms with van der Waals surface area (Å²) >= 11 is 0. The van der Waals surface area contributed by atoms with Crippen molar-refractivity contribution in [3.8, 4) is 0 Å². The number of benzene rings is 2. The molecule has 0 aliphatic heterocycles. The van der Waals surface area contributed by atoms with Crippen molar-refractivity contribution in [3.05, 3.63) is 47.5 Å². The van der Waals surface area contributed by atoms with E-state index in [1.807, 2.05) is 45.9 Å². The number of hydrogen-bond donors (Lipinski definition) is 1. The van der Waals surface area contributed by atoms with Crippen LogP contribution in [0.1, 0.15) is 45.7 Å². The molecule has 2 rings (SSSR count). The van der Waals surface area contributed by atoms with Gasteiger partial charge in [0, 0.05) is 5.71 Å². The van der Waals surface area contributed by atoms with Crippen LogP contribution in [0, 0.1) is 11.3 Å². The van der Waals surface area contributed by atoms with Gasteiger partial charge in [-0.1, -0.05) is 37.3 Å². The van der Waals surface area contributed by atoms with E-state index in [4.69, 9.17) is 10.1 Å². The minimum Gasteiger partial charge on any atom is -0.460 e. The molecule has 0 heterocycles. The van der Waals surface area contributed by atoms with Crippen molar-refractivity contribution < 1.29 is 9.53 Å². The van der Waals surface area contributed by atoms with Gasteiger partial charge >= 0.3 is 5.97 Å². The average molecular weight is 311 g/mol. The van der Waals surface area contributed by atoms with Gasteiger partial charge in [0.1, 0.15) is 5.60 Å². The Morgan fingerprint density at radius 2 is 1.78 bits per heavy atom. The molecule has 2 aromatic carbocycles. The van der Waals surface area contributed by atoms with Gasteiger partial charge in [-0.05, 0) is 62.1 Å². The van der Waals surface area contributed by atoms with E-state index < -0.39 is 5.60 Å². The van der Waals surface area contributed by atoms with Crippen LogP contribution in [0.2, 0.25) is 0 Å². The van der Waals surface area contributed by atoms with Crippen LogP contribution in [0.3, 0.4) is 0 Å². The number of carbonyl (C=O) groups excluding carboxylic acids is 1. The van der Waals surface area contributed by atoms with Crippen LogP contribution >= 0.6 is 0 Å². The van der Waals surface area contributed by atoms with E-state index in [0.29, 0.717) is 12.1 Å². The normalized spacial score (nSPS) is 12.9. The Morgan fingerprint density at radius 1 is 1.13 bits per heavy atom. The van der Waals surface area contributed by atoms with Crippen molar-refractivity contribution in [3.63, 3.8) is 0 Å². The molecule has 0 bridgehead atoms. The maximum absolute atomic E-state index is 12.1. The predicted octanol–water partition coefficient (Wildman–Crippen LogP) is 4.75. The molecule has 0 amide bonds. The highest BCUT2D eigenvalue weighted by Crippen LogP contribution is 2.21. The molecule has 0 radical (unpaired) electrons. The summed E-state index contributed by atoms with van der Waals surface area (Å²) < 4.78 is 5.44. The molecule has 0 aliphatic carbocycles. The van der Waals surface area contributed by atoms with Crippen molar-refractivity contribution in [2.75, 3.05) is 0 Å². The fraction of sp³-hybridized carbons (Fsp3) is 0.400. The first-order valence-corrected chi connectivity index (χ1v) is 7.97. The minimum atomic E-state index is -0.453. The Labute approximate surface area is 138 Å². The van der Waals surface area contributed by atoms with Gasteiger partial charge in [0.2, 0.25) is 0 Å². The molecular formula is C20H25NO2. The van der Waals surface area contributed by atoms with E-state index in [1.165, 1.54) is 0 Å². The third-order valence-electron chi connectivity index (χ3n) is 3.69.